The van der Waals surface area contributed by atoms with Gasteiger partial charge in [-0.2, -0.15) is 0 Å². The summed E-state index contributed by atoms with van der Waals surface area (Å²) in [4.78, 5) is 40.2. The molecule has 2 saturated carbocycles. The van der Waals surface area contributed by atoms with Crippen LogP contribution in [0.15, 0.2) is 56.9 Å². The normalized spacial score (nSPS) is 28.9. The van der Waals surface area contributed by atoms with Crippen molar-refractivity contribution in [2.75, 3.05) is 21.3 Å². The molecule has 8 nitrogen and oxygen atoms in total. The Morgan fingerprint density at radius 2 is 1.53 bits per heavy atom. The van der Waals surface area contributed by atoms with Crippen LogP contribution in [0.4, 0.5) is 0 Å². The first-order valence-electron chi connectivity index (χ1n) is 13.0. The van der Waals surface area contributed by atoms with Crippen LogP contribution >= 0.6 is 0 Å². The first-order valence-corrected chi connectivity index (χ1v) is 14.5. The first kappa shape index (κ1) is 26.7. The minimum absolute atomic E-state index is 0.0128. The van der Waals surface area contributed by atoms with Gasteiger partial charge in [0.25, 0.3) is 0 Å². The van der Waals surface area contributed by atoms with E-state index in [4.69, 9.17) is 14.2 Å². The lowest BCUT2D eigenvalue weighted by atomic mass is 9.60. The van der Waals surface area contributed by atoms with Crippen LogP contribution in [0.3, 0.4) is 0 Å². The number of benzene rings is 1. The van der Waals surface area contributed by atoms with E-state index in [1.165, 1.54) is 19.2 Å². The van der Waals surface area contributed by atoms with Gasteiger partial charge >= 0.3 is 17.9 Å². The molecule has 0 aliphatic heterocycles. The largest absolute Gasteiger partial charge is 0.468 e. The van der Waals surface area contributed by atoms with Crippen LogP contribution in [-0.2, 0) is 38.4 Å². The van der Waals surface area contributed by atoms with Crippen LogP contribution in [0.1, 0.15) is 52.4 Å². The van der Waals surface area contributed by atoms with E-state index < -0.39 is 39.6 Å². The van der Waals surface area contributed by atoms with Gasteiger partial charge in [-0.3, -0.25) is 9.59 Å². The molecule has 3 atom stereocenters. The van der Waals surface area contributed by atoms with Crippen molar-refractivity contribution in [3.63, 3.8) is 0 Å². The molecule has 0 bridgehead atoms. The van der Waals surface area contributed by atoms with Gasteiger partial charge in [-0.1, -0.05) is 44.9 Å². The Hall–Kier alpha value is -2.94. The highest BCUT2D eigenvalue weighted by Crippen LogP contribution is 2.83. The number of rotatable bonds is 5. The third-order valence-corrected chi connectivity index (χ3v) is 11.7. The molecule has 0 saturated heterocycles. The Bertz CT molecular complexity index is 1370. The van der Waals surface area contributed by atoms with Crippen LogP contribution < -0.4 is 0 Å². The topological polar surface area (TPSA) is 113 Å². The molecule has 1 spiro atoms. The lowest BCUT2D eigenvalue weighted by Crippen LogP contribution is -2.47. The van der Waals surface area contributed by atoms with E-state index in [1.54, 1.807) is 18.2 Å². The number of methoxy groups -OCH3 is 3. The summed E-state index contributed by atoms with van der Waals surface area (Å²) >= 11 is 0. The number of hydrogen-bond donors (Lipinski definition) is 0. The van der Waals surface area contributed by atoms with Crippen molar-refractivity contribution < 1.29 is 37.0 Å². The summed E-state index contributed by atoms with van der Waals surface area (Å²) in [6, 6.07) is 7.98. The maximum absolute atomic E-state index is 14.3. The summed E-state index contributed by atoms with van der Waals surface area (Å²) in [6.45, 7) is 4.27. The molecule has 9 heteroatoms. The van der Waals surface area contributed by atoms with Crippen molar-refractivity contribution in [1.82, 2.24) is 0 Å². The van der Waals surface area contributed by atoms with Gasteiger partial charge in [-0.25, -0.2) is 13.2 Å². The zero-order valence-electron chi connectivity index (χ0n) is 22.5. The lowest BCUT2D eigenvalue weighted by Gasteiger charge is -2.44. The van der Waals surface area contributed by atoms with Gasteiger partial charge in [0, 0.05) is 18.4 Å². The quantitative estimate of drug-likeness (QED) is 0.310. The van der Waals surface area contributed by atoms with E-state index >= 15 is 0 Å². The van der Waals surface area contributed by atoms with E-state index in [2.05, 4.69) is 13.8 Å². The zero-order valence-corrected chi connectivity index (χ0v) is 23.3. The molecule has 4 aliphatic carbocycles. The van der Waals surface area contributed by atoms with E-state index in [-0.39, 0.29) is 38.9 Å². The Labute approximate surface area is 223 Å². The lowest BCUT2D eigenvalue weighted by molar-refractivity contribution is -0.169. The fraction of sp³-hybridized carbons (Fsp3) is 0.552. The number of carbonyl (C=O) groups excluding carboxylic acids is 3. The van der Waals surface area contributed by atoms with Crippen molar-refractivity contribution in [1.29, 1.82) is 0 Å². The van der Waals surface area contributed by atoms with Gasteiger partial charge in [0.1, 0.15) is 0 Å². The van der Waals surface area contributed by atoms with Crippen LogP contribution in [0.5, 0.6) is 0 Å². The molecule has 1 aromatic rings. The summed E-state index contributed by atoms with van der Waals surface area (Å²) in [5.41, 5.74) is -1.15. The van der Waals surface area contributed by atoms with Crippen LogP contribution in [0, 0.1) is 28.1 Å². The molecule has 5 rings (SSSR count). The van der Waals surface area contributed by atoms with Crippen molar-refractivity contribution in [2.24, 2.45) is 28.1 Å². The molecule has 0 N–H and O–H groups in total. The third-order valence-electron chi connectivity index (χ3n) is 9.77. The number of fused-ring (bicyclic) bond motifs is 2. The van der Waals surface area contributed by atoms with Crippen molar-refractivity contribution in [3.8, 4) is 0 Å². The minimum Gasteiger partial charge on any atom is -0.468 e. The van der Waals surface area contributed by atoms with Crippen LogP contribution in [0.25, 0.3) is 0 Å². The molecular weight excluding hydrogens is 508 g/mol. The summed E-state index contributed by atoms with van der Waals surface area (Å²) in [7, 11) is -0.546. The molecule has 0 amide bonds. The fourth-order valence-corrected chi connectivity index (χ4v) is 9.89. The van der Waals surface area contributed by atoms with Gasteiger partial charge in [-0.15, -0.1) is 0 Å². The minimum atomic E-state index is -4.16. The second-order valence-corrected chi connectivity index (χ2v) is 13.4. The van der Waals surface area contributed by atoms with Gasteiger partial charge in [-0.05, 0) is 58.8 Å². The molecule has 0 aromatic heterocycles. The number of carbonyl (C=O) groups is 3. The van der Waals surface area contributed by atoms with E-state index in [0.29, 0.717) is 16.7 Å². The van der Waals surface area contributed by atoms with Crippen LogP contribution in [-0.4, -0.2) is 47.7 Å². The molecule has 0 heterocycles. The first-order chi connectivity index (χ1) is 18.0. The Kier molecular flexibility index (Phi) is 6.17. The van der Waals surface area contributed by atoms with E-state index in [0.717, 1.165) is 39.9 Å². The van der Waals surface area contributed by atoms with Crippen molar-refractivity contribution >= 4 is 27.7 Å². The molecule has 38 heavy (non-hydrogen) atoms. The van der Waals surface area contributed by atoms with Gasteiger partial charge in [0.05, 0.1) is 31.1 Å². The van der Waals surface area contributed by atoms with E-state index in [9.17, 15) is 22.8 Å². The standard InChI is InChI=1S/C29H34O8S/c1-27(2)23-22-18(21(24(30)35-3)19-13-9-10-14-29(19,23)27)15-28(25(31)36-4,26(32)37-5)16-20(22)38(33,34)17-11-7-6-8-12-17/h6-8,11-12,19,23H,9-10,13-16H2,1-5H3/t19-,23+,29+/m0/s1. The second kappa shape index (κ2) is 8.79. The Morgan fingerprint density at radius 1 is 0.895 bits per heavy atom. The molecule has 0 unspecified atom stereocenters. The SMILES string of the molecule is COC(=O)C1=C2CC(C(=O)OC)(C(=O)OC)CC(S(=O)(=O)c3ccccc3)=C2[C@@H]2C(C)(C)[C@@]23CCCC[C@@H]13. The monoisotopic (exact) mass is 542 g/mol. The molecule has 4 aliphatic rings. The number of esters is 3. The number of hydrogen-bond acceptors (Lipinski definition) is 8. The Morgan fingerprint density at radius 3 is 2.11 bits per heavy atom. The van der Waals surface area contributed by atoms with Gasteiger partial charge in [0.2, 0.25) is 9.84 Å². The highest BCUT2D eigenvalue weighted by molar-refractivity contribution is 7.95. The fourth-order valence-electron chi connectivity index (χ4n) is 8.12. The van der Waals surface area contributed by atoms with Crippen molar-refractivity contribution in [3.05, 3.63) is 52.0 Å². The van der Waals surface area contributed by atoms with Gasteiger partial charge in [0.15, 0.2) is 5.41 Å². The maximum atomic E-state index is 14.3. The zero-order chi connectivity index (χ0) is 27.7. The molecular formula is C29H34O8S. The summed E-state index contributed by atoms with van der Waals surface area (Å²) in [6.07, 6.45) is 2.96. The number of ether oxygens (including phenoxy) is 3. The predicted octanol–water partition coefficient (Wildman–Crippen LogP) is 4.16. The number of allylic oxidation sites excluding steroid dienone is 3. The van der Waals surface area contributed by atoms with Gasteiger partial charge < -0.3 is 14.2 Å². The smallest absolute Gasteiger partial charge is 0.334 e. The summed E-state index contributed by atoms with van der Waals surface area (Å²) in [5.74, 6) is -2.63. The maximum Gasteiger partial charge on any atom is 0.334 e. The predicted molar refractivity (Wildman–Crippen MR) is 137 cm³/mol. The molecule has 0 radical (unpaired) electrons. The third kappa shape index (κ3) is 3.26. The highest BCUT2D eigenvalue weighted by Gasteiger charge is 2.78. The average Bonchev–Trinajstić information content (AvgIpc) is 3.43. The number of sulfone groups is 1. The molecule has 1 aromatic carbocycles. The van der Waals surface area contributed by atoms with Crippen molar-refractivity contribution in [2.45, 2.75) is 57.3 Å². The van der Waals surface area contributed by atoms with E-state index in [1.807, 2.05) is 0 Å². The molecule has 2 fully saturated rings. The molecule has 204 valence electrons. The van der Waals surface area contributed by atoms with Crippen LogP contribution in [0.2, 0.25) is 0 Å². The average molecular weight is 543 g/mol. The highest BCUT2D eigenvalue weighted by atomic mass is 32.2. The Balaban J connectivity index is 1.91. The second-order valence-electron chi connectivity index (χ2n) is 11.4. The summed E-state index contributed by atoms with van der Waals surface area (Å²) < 4.78 is 44.1. The summed E-state index contributed by atoms with van der Waals surface area (Å²) in [5, 5.41) is 0.